The highest BCUT2D eigenvalue weighted by atomic mass is 16.5. The van der Waals surface area contributed by atoms with E-state index < -0.39 is 5.97 Å². The van der Waals surface area contributed by atoms with Gasteiger partial charge in [0.15, 0.2) is 5.65 Å². The highest BCUT2D eigenvalue weighted by Crippen LogP contribution is 2.28. The van der Waals surface area contributed by atoms with Crippen LogP contribution in [-0.2, 0) is 11.3 Å². The number of methoxy groups -OCH3 is 1. The molecule has 4 rings (SSSR count). The number of nitrogens with zero attached hydrogens (tertiary/aromatic N) is 4. The monoisotopic (exact) mass is 417 g/mol. The van der Waals surface area contributed by atoms with Crippen LogP contribution in [0.25, 0.3) is 22.2 Å². The molecule has 2 aromatic heterocycles. The number of fused-ring (bicyclic) bond motifs is 2. The topological polar surface area (TPSA) is 105 Å². The molecule has 158 valence electrons. The van der Waals surface area contributed by atoms with E-state index in [2.05, 4.69) is 9.98 Å². The maximum Gasteiger partial charge on any atom is 0.344 e. The summed E-state index contributed by atoms with van der Waals surface area (Å²) in [6, 6.07) is 15.1. The number of para-hydroxylation sites is 2. The Morgan fingerprint density at radius 3 is 2.52 bits per heavy atom. The number of hydrogen-bond donors (Lipinski definition) is 1. The van der Waals surface area contributed by atoms with Crippen LogP contribution >= 0.6 is 0 Å². The Labute approximate surface area is 179 Å². The third-order valence-corrected chi connectivity index (χ3v) is 4.88. The number of nitrogen functional groups attached to an aromatic ring is 1. The molecule has 2 aromatic carbocycles. The SMILES string of the molecule is CCOC(=O)c1c(N)n(CCN=Cc2ccc(OC)cc2)c2nc3ccccc3nc12. The van der Waals surface area contributed by atoms with E-state index in [4.69, 9.17) is 20.2 Å². The average Bonchev–Trinajstić information content (AvgIpc) is 3.06. The zero-order valence-corrected chi connectivity index (χ0v) is 17.4. The Morgan fingerprint density at radius 2 is 1.84 bits per heavy atom. The fraction of sp³-hybridized carbons (Fsp3) is 0.217. The first kappa shape index (κ1) is 20.3. The first-order chi connectivity index (χ1) is 15.1. The lowest BCUT2D eigenvalue weighted by Crippen LogP contribution is -2.10. The second-order valence-corrected chi connectivity index (χ2v) is 6.83. The first-order valence-corrected chi connectivity index (χ1v) is 9.97. The molecule has 2 heterocycles. The molecule has 31 heavy (non-hydrogen) atoms. The summed E-state index contributed by atoms with van der Waals surface area (Å²) in [7, 11) is 1.63. The van der Waals surface area contributed by atoms with Gasteiger partial charge < -0.3 is 19.8 Å². The van der Waals surface area contributed by atoms with Crippen LogP contribution in [0.5, 0.6) is 5.75 Å². The van der Waals surface area contributed by atoms with Crippen LogP contribution in [0.2, 0.25) is 0 Å². The smallest absolute Gasteiger partial charge is 0.344 e. The van der Waals surface area contributed by atoms with Crippen LogP contribution in [0.15, 0.2) is 53.5 Å². The number of benzene rings is 2. The molecule has 0 unspecified atom stereocenters. The highest BCUT2D eigenvalue weighted by Gasteiger charge is 2.24. The second kappa shape index (κ2) is 8.83. The van der Waals surface area contributed by atoms with Crippen LogP contribution in [0.3, 0.4) is 0 Å². The molecule has 4 aromatic rings. The van der Waals surface area contributed by atoms with Gasteiger partial charge >= 0.3 is 5.97 Å². The van der Waals surface area contributed by atoms with Crippen LogP contribution in [-0.4, -0.2) is 47.0 Å². The Morgan fingerprint density at radius 1 is 1.13 bits per heavy atom. The van der Waals surface area contributed by atoms with Crippen molar-refractivity contribution in [1.29, 1.82) is 0 Å². The van der Waals surface area contributed by atoms with Crippen LogP contribution in [0.1, 0.15) is 22.8 Å². The standard InChI is InChI=1S/C23H23N5O3/c1-3-31-23(29)19-20-22(27-18-7-5-4-6-17(18)26-20)28(21(19)24)13-12-25-14-15-8-10-16(30-2)11-9-15/h4-11,14H,3,12-13,24H2,1-2H3. The molecule has 2 N–H and O–H groups in total. The molecule has 0 atom stereocenters. The number of ether oxygens (including phenoxy) is 2. The van der Waals surface area contributed by atoms with Gasteiger partial charge in [0.2, 0.25) is 0 Å². The van der Waals surface area contributed by atoms with Gasteiger partial charge in [-0.25, -0.2) is 14.8 Å². The lowest BCUT2D eigenvalue weighted by atomic mass is 10.2. The van der Waals surface area contributed by atoms with Crippen LogP contribution in [0.4, 0.5) is 5.82 Å². The lowest BCUT2D eigenvalue weighted by molar-refractivity contribution is 0.0529. The van der Waals surface area contributed by atoms with Crippen molar-refractivity contribution in [2.45, 2.75) is 13.5 Å². The van der Waals surface area contributed by atoms with Gasteiger partial charge in [0.25, 0.3) is 0 Å². The van der Waals surface area contributed by atoms with Crippen molar-refractivity contribution >= 4 is 40.2 Å². The summed E-state index contributed by atoms with van der Waals surface area (Å²) in [6.07, 6.45) is 1.79. The van der Waals surface area contributed by atoms with E-state index in [1.54, 1.807) is 24.8 Å². The van der Waals surface area contributed by atoms with Crippen molar-refractivity contribution in [2.24, 2.45) is 4.99 Å². The van der Waals surface area contributed by atoms with Gasteiger partial charge in [-0.05, 0) is 48.9 Å². The number of esters is 1. The molecular weight excluding hydrogens is 394 g/mol. The summed E-state index contributed by atoms with van der Waals surface area (Å²) in [5.41, 5.74) is 9.96. The number of carbonyl (C=O) groups is 1. The van der Waals surface area contributed by atoms with Gasteiger partial charge in [-0.15, -0.1) is 0 Å². The number of aromatic nitrogens is 3. The summed E-state index contributed by atoms with van der Waals surface area (Å²) >= 11 is 0. The van der Waals surface area contributed by atoms with Gasteiger partial charge in [-0.2, -0.15) is 0 Å². The second-order valence-electron chi connectivity index (χ2n) is 6.83. The summed E-state index contributed by atoms with van der Waals surface area (Å²) in [6.45, 7) is 2.90. The van der Waals surface area contributed by atoms with E-state index in [9.17, 15) is 4.79 Å². The van der Waals surface area contributed by atoms with Crippen molar-refractivity contribution in [1.82, 2.24) is 14.5 Å². The summed E-state index contributed by atoms with van der Waals surface area (Å²) in [4.78, 5) is 26.4. The minimum Gasteiger partial charge on any atom is -0.497 e. The maximum absolute atomic E-state index is 12.6. The molecule has 0 spiro atoms. The van der Waals surface area contributed by atoms with Crippen molar-refractivity contribution < 1.29 is 14.3 Å². The third kappa shape index (κ3) is 4.05. The predicted octanol–water partition coefficient (Wildman–Crippen LogP) is 3.47. The minimum absolute atomic E-state index is 0.245. The van der Waals surface area contributed by atoms with Crippen LogP contribution in [0, 0.1) is 0 Å². The van der Waals surface area contributed by atoms with Gasteiger partial charge in [-0.1, -0.05) is 12.1 Å². The van der Waals surface area contributed by atoms with Crippen LogP contribution < -0.4 is 10.5 Å². The number of carbonyl (C=O) groups excluding carboxylic acids is 1. The van der Waals surface area contributed by atoms with E-state index in [1.165, 1.54) is 0 Å². The predicted molar refractivity (Wildman–Crippen MR) is 121 cm³/mol. The molecule has 0 aliphatic carbocycles. The average molecular weight is 417 g/mol. The first-order valence-electron chi connectivity index (χ1n) is 9.97. The minimum atomic E-state index is -0.505. The Balaban J connectivity index is 1.67. The fourth-order valence-electron chi connectivity index (χ4n) is 3.37. The Hall–Kier alpha value is -3.94. The molecule has 0 radical (unpaired) electrons. The van der Waals surface area contributed by atoms with Gasteiger partial charge in [-0.3, -0.25) is 4.99 Å². The molecule has 0 aliphatic heterocycles. The number of hydrogen-bond acceptors (Lipinski definition) is 7. The summed E-state index contributed by atoms with van der Waals surface area (Å²) in [5, 5.41) is 0. The van der Waals surface area contributed by atoms with Gasteiger partial charge in [0.1, 0.15) is 22.6 Å². The van der Waals surface area contributed by atoms with E-state index >= 15 is 0 Å². The lowest BCUT2D eigenvalue weighted by Gasteiger charge is -2.06. The Bertz CT molecular complexity index is 1260. The van der Waals surface area contributed by atoms with E-state index in [1.807, 2.05) is 48.5 Å². The number of nitrogens with two attached hydrogens (primary N) is 1. The summed E-state index contributed by atoms with van der Waals surface area (Å²) in [5.74, 6) is 0.569. The Kier molecular flexibility index (Phi) is 5.79. The van der Waals surface area contributed by atoms with Crippen molar-refractivity contribution in [3.05, 3.63) is 59.7 Å². The molecule has 0 bridgehead atoms. The van der Waals surface area contributed by atoms with Gasteiger partial charge in [0.05, 0.1) is 31.3 Å². The largest absolute Gasteiger partial charge is 0.497 e. The molecule has 0 aliphatic rings. The molecule has 0 saturated carbocycles. The van der Waals surface area contributed by atoms with Gasteiger partial charge in [0, 0.05) is 12.8 Å². The molecule has 8 nitrogen and oxygen atoms in total. The maximum atomic E-state index is 12.6. The molecule has 0 fully saturated rings. The summed E-state index contributed by atoms with van der Waals surface area (Å²) < 4.78 is 12.1. The quantitative estimate of drug-likeness (QED) is 0.365. The molecule has 0 saturated heterocycles. The number of anilines is 1. The molecule has 8 heteroatoms. The van der Waals surface area contributed by atoms with E-state index in [-0.39, 0.29) is 18.0 Å². The molecule has 0 amide bonds. The van der Waals surface area contributed by atoms with Crippen molar-refractivity contribution in [3.8, 4) is 5.75 Å². The van der Waals surface area contributed by atoms with E-state index in [0.717, 1.165) is 16.8 Å². The zero-order chi connectivity index (χ0) is 21.8. The number of aliphatic imine (C=N–C) groups is 1. The fourth-order valence-corrected chi connectivity index (χ4v) is 3.37. The molecular formula is C23H23N5O3. The normalized spacial score (nSPS) is 11.4. The van der Waals surface area contributed by atoms with E-state index in [0.29, 0.717) is 29.8 Å². The van der Waals surface area contributed by atoms with Crippen molar-refractivity contribution in [2.75, 3.05) is 26.0 Å². The zero-order valence-electron chi connectivity index (χ0n) is 17.4. The number of rotatable bonds is 7. The van der Waals surface area contributed by atoms with Crippen molar-refractivity contribution in [3.63, 3.8) is 0 Å². The third-order valence-electron chi connectivity index (χ3n) is 4.88. The highest BCUT2D eigenvalue weighted by molar-refractivity contribution is 6.08.